The van der Waals surface area contributed by atoms with Gasteiger partial charge in [0.1, 0.15) is 0 Å². The average molecular weight is 1110 g/mol. The van der Waals surface area contributed by atoms with E-state index in [-0.39, 0.29) is 18.5 Å². The predicted octanol–water partition coefficient (Wildman–Crippen LogP) is 23.5. The zero-order valence-electron chi connectivity index (χ0n) is 53.9. The number of aliphatic hydroxyl groups is 2. The van der Waals surface area contributed by atoms with Gasteiger partial charge in [-0.2, -0.15) is 0 Å². The summed E-state index contributed by atoms with van der Waals surface area (Å²) in [5.74, 6) is -0.0143. The summed E-state index contributed by atoms with van der Waals surface area (Å²) in [6.45, 7) is 4.99. The lowest BCUT2D eigenvalue weighted by Crippen LogP contribution is -2.45. The number of hydrogen-bond acceptors (Lipinski definition) is 5. The molecular weight excluding hydrogens is 971 g/mol. The molecule has 0 rings (SSSR count). The zero-order valence-corrected chi connectivity index (χ0v) is 53.9. The van der Waals surface area contributed by atoms with Crippen molar-refractivity contribution in [3.63, 3.8) is 0 Å². The number of nitrogens with one attached hydrogen (secondary N) is 1. The molecule has 0 spiro atoms. The highest BCUT2D eigenvalue weighted by atomic mass is 16.5. The molecule has 0 aromatic carbocycles. The van der Waals surface area contributed by atoms with Gasteiger partial charge in [-0.15, -0.1) is 0 Å². The van der Waals surface area contributed by atoms with Crippen LogP contribution in [0.25, 0.3) is 0 Å². The Morgan fingerprint density at radius 2 is 0.595 bits per heavy atom. The lowest BCUT2D eigenvalue weighted by molar-refractivity contribution is -0.143. The molecular formula is C73H143NO5. The highest BCUT2D eigenvalue weighted by Crippen LogP contribution is 2.19. The first-order valence-electron chi connectivity index (χ1n) is 36.4. The van der Waals surface area contributed by atoms with Crippen LogP contribution in [0.2, 0.25) is 0 Å². The molecule has 0 heterocycles. The van der Waals surface area contributed by atoms with Crippen molar-refractivity contribution in [1.82, 2.24) is 5.32 Å². The Hall–Kier alpha value is -1.40. The number of hydrogen-bond donors (Lipinski definition) is 3. The monoisotopic (exact) mass is 1110 g/mol. The molecule has 6 heteroatoms. The zero-order chi connectivity index (χ0) is 57.1. The molecule has 6 nitrogen and oxygen atoms in total. The van der Waals surface area contributed by atoms with Crippen LogP contribution >= 0.6 is 0 Å². The Kier molecular flexibility index (Phi) is 67.9. The Morgan fingerprint density at radius 1 is 0.342 bits per heavy atom. The lowest BCUT2D eigenvalue weighted by atomic mass is 10.0. The van der Waals surface area contributed by atoms with Crippen molar-refractivity contribution in [3.8, 4) is 0 Å². The molecule has 2 atom stereocenters. The first kappa shape index (κ1) is 77.6. The number of allylic oxidation sites excluding steroid dienone is 2. The summed E-state index contributed by atoms with van der Waals surface area (Å²) in [5, 5.41) is 23.5. The highest BCUT2D eigenvalue weighted by Gasteiger charge is 2.20. The lowest BCUT2D eigenvalue weighted by Gasteiger charge is -2.22. The van der Waals surface area contributed by atoms with E-state index in [1.165, 1.54) is 347 Å². The van der Waals surface area contributed by atoms with Crippen molar-refractivity contribution in [1.29, 1.82) is 0 Å². The Bertz CT molecular complexity index is 1190. The van der Waals surface area contributed by atoms with E-state index < -0.39 is 12.1 Å². The fraction of sp³-hybridized carbons (Fsp3) is 0.945. The minimum absolute atomic E-state index is 0.0159. The van der Waals surface area contributed by atoms with Gasteiger partial charge in [-0.3, -0.25) is 9.59 Å². The topological polar surface area (TPSA) is 95.9 Å². The van der Waals surface area contributed by atoms with Gasteiger partial charge in [-0.05, 0) is 51.4 Å². The van der Waals surface area contributed by atoms with E-state index in [9.17, 15) is 19.8 Å². The van der Waals surface area contributed by atoms with Crippen LogP contribution in [0.5, 0.6) is 0 Å². The minimum Gasteiger partial charge on any atom is -0.466 e. The number of esters is 1. The number of carbonyl (C=O) groups is 2. The normalized spacial score (nSPS) is 12.5. The van der Waals surface area contributed by atoms with Gasteiger partial charge in [0.25, 0.3) is 0 Å². The van der Waals surface area contributed by atoms with Crippen LogP contribution < -0.4 is 5.32 Å². The molecule has 0 aromatic rings. The van der Waals surface area contributed by atoms with E-state index in [2.05, 4.69) is 31.3 Å². The highest BCUT2D eigenvalue weighted by molar-refractivity contribution is 5.76. The Morgan fingerprint density at radius 3 is 0.899 bits per heavy atom. The maximum atomic E-state index is 12.6. The van der Waals surface area contributed by atoms with Gasteiger partial charge >= 0.3 is 5.97 Å². The minimum atomic E-state index is -0.666. The molecule has 0 saturated carbocycles. The molecule has 0 aromatic heterocycles. The molecule has 0 aliphatic heterocycles. The van der Waals surface area contributed by atoms with Crippen molar-refractivity contribution in [3.05, 3.63) is 12.2 Å². The van der Waals surface area contributed by atoms with E-state index in [1.807, 2.05) is 0 Å². The number of unbranched alkanes of at least 4 members (excludes halogenated alkanes) is 56. The van der Waals surface area contributed by atoms with E-state index in [0.717, 1.165) is 38.5 Å². The molecule has 0 aliphatic carbocycles. The molecule has 79 heavy (non-hydrogen) atoms. The van der Waals surface area contributed by atoms with Crippen LogP contribution in [0, 0.1) is 0 Å². The molecule has 2 unspecified atom stereocenters. The molecule has 0 aliphatic rings. The summed E-state index contributed by atoms with van der Waals surface area (Å²) in [6.07, 6.45) is 85.6. The number of aliphatic hydroxyl groups excluding tert-OH is 2. The average Bonchev–Trinajstić information content (AvgIpc) is 3.45. The second-order valence-electron chi connectivity index (χ2n) is 25.3. The SMILES string of the molecule is CCCCCCCCCCCCCCCCCCCCCCCCCCC(O)C(CO)NC(=O)CCCCCCCCCCCCC/C=C\CCCCCCCCCCCCCCOC(=O)CCCCCCCCCCCCC. The molecule has 0 bridgehead atoms. The second-order valence-corrected chi connectivity index (χ2v) is 25.3. The number of carbonyl (C=O) groups excluding carboxylic acids is 2. The number of ether oxygens (including phenoxy) is 1. The van der Waals surface area contributed by atoms with Crippen molar-refractivity contribution >= 4 is 11.9 Å². The van der Waals surface area contributed by atoms with Crippen molar-refractivity contribution in [2.24, 2.45) is 0 Å². The van der Waals surface area contributed by atoms with Crippen LogP contribution in [0.4, 0.5) is 0 Å². The van der Waals surface area contributed by atoms with Crippen LogP contribution in [0.3, 0.4) is 0 Å². The molecule has 1 amide bonds. The smallest absolute Gasteiger partial charge is 0.305 e. The van der Waals surface area contributed by atoms with Crippen molar-refractivity contribution in [2.75, 3.05) is 13.2 Å². The van der Waals surface area contributed by atoms with Crippen molar-refractivity contribution in [2.45, 2.75) is 431 Å². The van der Waals surface area contributed by atoms with Gasteiger partial charge < -0.3 is 20.3 Å². The quantitative estimate of drug-likeness (QED) is 0.0320. The van der Waals surface area contributed by atoms with Gasteiger partial charge in [-0.1, -0.05) is 366 Å². The maximum Gasteiger partial charge on any atom is 0.305 e. The molecule has 0 fully saturated rings. The van der Waals surface area contributed by atoms with Crippen LogP contribution in [0.15, 0.2) is 12.2 Å². The fourth-order valence-electron chi connectivity index (χ4n) is 11.8. The van der Waals surface area contributed by atoms with Crippen LogP contribution in [-0.2, 0) is 14.3 Å². The third-order valence-corrected chi connectivity index (χ3v) is 17.3. The summed E-state index contributed by atoms with van der Waals surface area (Å²) < 4.78 is 5.47. The van der Waals surface area contributed by atoms with Crippen molar-refractivity contribution < 1.29 is 24.5 Å². The molecule has 470 valence electrons. The van der Waals surface area contributed by atoms with E-state index in [1.54, 1.807) is 0 Å². The molecule has 3 N–H and O–H groups in total. The first-order chi connectivity index (χ1) is 39.0. The summed E-state index contributed by atoms with van der Waals surface area (Å²) in [5.41, 5.74) is 0. The third-order valence-electron chi connectivity index (χ3n) is 17.3. The van der Waals surface area contributed by atoms with Crippen LogP contribution in [0.1, 0.15) is 418 Å². The summed E-state index contributed by atoms with van der Waals surface area (Å²) >= 11 is 0. The number of rotatable bonds is 69. The molecule has 0 radical (unpaired) electrons. The first-order valence-corrected chi connectivity index (χ1v) is 36.4. The summed E-state index contributed by atoms with van der Waals surface area (Å²) in [6, 6.07) is -0.543. The fourth-order valence-corrected chi connectivity index (χ4v) is 11.8. The Labute approximate surface area is 495 Å². The van der Waals surface area contributed by atoms with E-state index >= 15 is 0 Å². The van der Waals surface area contributed by atoms with E-state index in [0.29, 0.717) is 25.9 Å². The Balaban J connectivity index is 3.38. The van der Waals surface area contributed by atoms with Gasteiger partial charge in [0.05, 0.1) is 25.4 Å². The van der Waals surface area contributed by atoms with Gasteiger partial charge in [0, 0.05) is 12.8 Å². The summed E-state index contributed by atoms with van der Waals surface area (Å²) in [7, 11) is 0. The predicted molar refractivity (Wildman–Crippen MR) is 347 cm³/mol. The van der Waals surface area contributed by atoms with Gasteiger partial charge in [0.2, 0.25) is 5.91 Å². The standard InChI is InChI=1S/C73H143NO5/c1-3-5-7-9-11-13-15-16-17-18-19-20-21-27-30-33-36-39-42-46-49-53-57-61-65-71(76)70(69-75)74-72(77)66-62-58-54-50-47-43-40-37-34-31-28-25-23-22-24-26-29-32-35-38-41-44-48-52-56-60-64-68-79-73(78)67-63-59-55-51-45-14-12-10-8-6-4-2/h22-23,70-71,75-76H,3-21,24-69H2,1-2H3,(H,74,77)/b23-22-. The third kappa shape index (κ3) is 65.6. The maximum absolute atomic E-state index is 12.6. The summed E-state index contributed by atoms with van der Waals surface area (Å²) in [4.78, 5) is 24.6. The largest absolute Gasteiger partial charge is 0.466 e. The van der Waals surface area contributed by atoms with Gasteiger partial charge in [0.15, 0.2) is 0 Å². The van der Waals surface area contributed by atoms with Crippen LogP contribution in [-0.4, -0.2) is 47.4 Å². The van der Waals surface area contributed by atoms with E-state index in [4.69, 9.17) is 4.74 Å². The van der Waals surface area contributed by atoms with Gasteiger partial charge in [-0.25, -0.2) is 0 Å². The molecule has 0 saturated heterocycles. The second kappa shape index (κ2) is 69.1. The number of amides is 1.